The number of carbonyl (C=O) groups is 1. The molecule has 1 atom stereocenters. The summed E-state index contributed by atoms with van der Waals surface area (Å²) in [5.74, 6) is -0.209. The maximum atomic E-state index is 12.6. The van der Waals surface area contributed by atoms with Crippen LogP contribution in [0.2, 0.25) is 0 Å². The highest BCUT2D eigenvalue weighted by Gasteiger charge is 2.30. The van der Waals surface area contributed by atoms with Crippen LogP contribution in [-0.4, -0.2) is 47.7 Å². The van der Waals surface area contributed by atoms with Crippen molar-refractivity contribution in [3.8, 4) is 0 Å². The normalized spacial score (nSPS) is 17.0. The van der Waals surface area contributed by atoms with Gasteiger partial charge in [0.15, 0.2) is 0 Å². The van der Waals surface area contributed by atoms with E-state index < -0.39 is 6.10 Å². The molecule has 0 saturated carbocycles. The lowest BCUT2D eigenvalue weighted by molar-refractivity contribution is -0.126. The number of rotatable bonds is 6. The second-order valence-electron chi connectivity index (χ2n) is 7.03. The van der Waals surface area contributed by atoms with Gasteiger partial charge in [0.05, 0.1) is 0 Å². The van der Waals surface area contributed by atoms with E-state index in [4.69, 9.17) is 0 Å². The summed E-state index contributed by atoms with van der Waals surface area (Å²) >= 11 is 0. The number of anilines is 1. The van der Waals surface area contributed by atoms with Crippen molar-refractivity contribution in [1.82, 2.24) is 4.90 Å². The largest absolute Gasteiger partial charge is 0.384 e. The molecular weight excluding hydrogens is 324 g/mol. The quantitative estimate of drug-likeness (QED) is 0.869. The summed E-state index contributed by atoms with van der Waals surface area (Å²) < 4.78 is 0. The molecule has 3 rings (SSSR count). The molecule has 1 unspecified atom stereocenters. The maximum absolute atomic E-state index is 12.6. The molecule has 0 spiro atoms. The van der Waals surface area contributed by atoms with Crippen LogP contribution in [0.4, 0.5) is 5.69 Å². The number of amides is 1. The fourth-order valence-corrected chi connectivity index (χ4v) is 3.64. The molecule has 4 nitrogen and oxygen atoms in total. The van der Waals surface area contributed by atoms with Crippen molar-refractivity contribution in [2.75, 3.05) is 24.5 Å². The first kappa shape index (κ1) is 18.6. The molecule has 0 aliphatic carbocycles. The van der Waals surface area contributed by atoms with Crippen molar-refractivity contribution in [1.29, 1.82) is 0 Å². The van der Waals surface area contributed by atoms with E-state index in [1.807, 2.05) is 36.4 Å². The van der Waals surface area contributed by atoms with E-state index in [-0.39, 0.29) is 11.9 Å². The highest BCUT2D eigenvalue weighted by molar-refractivity contribution is 5.96. The summed E-state index contributed by atoms with van der Waals surface area (Å²) in [5, 5.41) is 9.84. The molecular formula is C22H28N2O2. The Kier molecular flexibility index (Phi) is 6.42. The molecule has 4 heteroatoms. The fourth-order valence-electron chi connectivity index (χ4n) is 3.64. The summed E-state index contributed by atoms with van der Waals surface area (Å²) in [6, 6.07) is 20.4. The van der Waals surface area contributed by atoms with Crippen LogP contribution in [-0.2, 0) is 11.2 Å². The third-order valence-electron chi connectivity index (χ3n) is 5.11. The first-order valence-corrected chi connectivity index (χ1v) is 9.47. The predicted molar refractivity (Wildman–Crippen MR) is 105 cm³/mol. The van der Waals surface area contributed by atoms with Gasteiger partial charge in [-0.25, -0.2) is 0 Å². The molecule has 0 bridgehead atoms. The summed E-state index contributed by atoms with van der Waals surface area (Å²) in [6.07, 6.45) is 1.94. The fraction of sp³-hybridized carbons (Fsp3) is 0.409. The van der Waals surface area contributed by atoms with Crippen LogP contribution >= 0.6 is 0 Å². The molecule has 1 heterocycles. The van der Waals surface area contributed by atoms with Crippen molar-refractivity contribution in [2.45, 2.75) is 38.3 Å². The molecule has 26 heavy (non-hydrogen) atoms. The lowest BCUT2D eigenvalue weighted by Gasteiger charge is -2.39. The molecule has 2 aromatic rings. The number of aliphatic hydroxyl groups excluding tert-OH is 1. The third-order valence-corrected chi connectivity index (χ3v) is 5.11. The van der Waals surface area contributed by atoms with E-state index in [0.29, 0.717) is 0 Å². The van der Waals surface area contributed by atoms with Gasteiger partial charge in [0.2, 0.25) is 0 Å². The Labute approximate surface area is 156 Å². The zero-order valence-corrected chi connectivity index (χ0v) is 15.4. The summed E-state index contributed by atoms with van der Waals surface area (Å²) in [6.45, 7) is 4.56. The number of carbonyl (C=O) groups excluding carboxylic acids is 1. The topological polar surface area (TPSA) is 43.8 Å². The molecule has 2 aromatic carbocycles. The monoisotopic (exact) mass is 352 g/mol. The molecule has 0 radical (unpaired) electrons. The molecule has 1 saturated heterocycles. The van der Waals surface area contributed by atoms with Crippen LogP contribution < -0.4 is 4.90 Å². The molecule has 138 valence electrons. The minimum absolute atomic E-state index is 0.146. The number of benzene rings is 2. The van der Waals surface area contributed by atoms with Gasteiger partial charge in [-0.05, 0) is 43.9 Å². The minimum atomic E-state index is -0.980. The highest BCUT2D eigenvalue weighted by atomic mass is 16.3. The van der Waals surface area contributed by atoms with E-state index in [2.05, 4.69) is 29.2 Å². The summed E-state index contributed by atoms with van der Waals surface area (Å²) in [5.41, 5.74) is 2.24. The van der Waals surface area contributed by atoms with E-state index in [1.165, 1.54) is 5.56 Å². The van der Waals surface area contributed by atoms with Gasteiger partial charge in [-0.3, -0.25) is 4.79 Å². The SMILES string of the molecule is CC(O)C(=O)N(c1ccccc1)C1CCN(CCc2ccccc2)CC1. The zero-order chi connectivity index (χ0) is 18.4. The van der Waals surface area contributed by atoms with Crippen molar-refractivity contribution in [3.05, 3.63) is 66.2 Å². The van der Waals surface area contributed by atoms with Gasteiger partial charge < -0.3 is 14.9 Å². The molecule has 1 aliphatic rings. The molecule has 1 fully saturated rings. The van der Waals surface area contributed by atoms with Crippen LogP contribution in [0.3, 0.4) is 0 Å². The van der Waals surface area contributed by atoms with Crippen LogP contribution in [0.15, 0.2) is 60.7 Å². The third kappa shape index (κ3) is 4.71. The Morgan fingerprint density at radius 2 is 1.65 bits per heavy atom. The molecule has 1 amide bonds. The summed E-state index contributed by atoms with van der Waals surface area (Å²) in [4.78, 5) is 16.9. The standard InChI is InChI=1S/C22H28N2O2/c1-18(25)22(26)24(20-10-6-3-7-11-20)21-13-16-23(17-14-21)15-12-19-8-4-2-5-9-19/h2-11,18,21,25H,12-17H2,1H3. The Morgan fingerprint density at radius 3 is 2.23 bits per heavy atom. The first-order valence-electron chi connectivity index (χ1n) is 9.47. The van der Waals surface area contributed by atoms with Crippen LogP contribution in [0, 0.1) is 0 Å². The van der Waals surface area contributed by atoms with Gasteiger partial charge in [0.1, 0.15) is 6.10 Å². The number of para-hydroxylation sites is 1. The number of piperidine rings is 1. The molecule has 1 N–H and O–H groups in total. The van der Waals surface area contributed by atoms with Gasteiger partial charge in [0, 0.05) is 31.4 Å². The Morgan fingerprint density at radius 1 is 1.08 bits per heavy atom. The van der Waals surface area contributed by atoms with Crippen LogP contribution in [0.5, 0.6) is 0 Å². The van der Waals surface area contributed by atoms with Crippen LogP contribution in [0.25, 0.3) is 0 Å². The Bertz CT molecular complexity index is 680. The van der Waals surface area contributed by atoms with Crippen molar-refractivity contribution in [2.24, 2.45) is 0 Å². The predicted octanol–water partition coefficient (Wildman–Crippen LogP) is 3.11. The Hall–Kier alpha value is -2.17. The second kappa shape index (κ2) is 8.97. The van der Waals surface area contributed by atoms with E-state index in [1.54, 1.807) is 11.8 Å². The van der Waals surface area contributed by atoms with Crippen molar-refractivity contribution >= 4 is 11.6 Å². The second-order valence-corrected chi connectivity index (χ2v) is 7.03. The highest BCUT2D eigenvalue weighted by Crippen LogP contribution is 2.24. The van der Waals surface area contributed by atoms with Crippen molar-refractivity contribution < 1.29 is 9.90 Å². The van der Waals surface area contributed by atoms with Gasteiger partial charge in [-0.2, -0.15) is 0 Å². The Balaban J connectivity index is 1.60. The zero-order valence-electron chi connectivity index (χ0n) is 15.4. The van der Waals surface area contributed by atoms with Gasteiger partial charge >= 0.3 is 0 Å². The molecule has 0 aromatic heterocycles. The van der Waals surface area contributed by atoms with Gasteiger partial charge in [0.25, 0.3) is 5.91 Å². The lowest BCUT2D eigenvalue weighted by atomic mass is 10.0. The van der Waals surface area contributed by atoms with Gasteiger partial charge in [-0.15, -0.1) is 0 Å². The first-order chi connectivity index (χ1) is 12.6. The maximum Gasteiger partial charge on any atom is 0.255 e. The average molecular weight is 352 g/mol. The average Bonchev–Trinajstić information content (AvgIpc) is 2.69. The lowest BCUT2D eigenvalue weighted by Crippen LogP contribution is -2.50. The smallest absolute Gasteiger partial charge is 0.255 e. The number of hydrogen-bond donors (Lipinski definition) is 1. The number of hydrogen-bond acceptors (Lipinski definition) is 3. The van der Waals surface area contributed by atoms with E-state index in [9.17, 15) is 9.90 Å². The van der Waals surface area contributed by atoms with Crippen LogP contribution in [0.1, 0.15) is 25.3 Å². The number of nitrogens with zero attached hydrogens (tertiary/aromatic N) is 2. The minimum Gasteiger partial charge on any atom is -0.384 e. The van der Waals surface area contributed by atoms with E-state index in [0.717, 1.165) is 44.6 Å². The summed E-state index contributed by atoms with van der Waals surface area (Å²) in [7, 11) is 0. The van der Waals surface area contributed by atoms with Gasteiger partial charge in [-0.1, -0.05) is 48.5 Å². The van der Waals surface area contributed by atoms with Crippen molar-refractivity contribution in [3.63, 3.8) is 0 Å². The molecule has 1 aliphatic heterocycles. The number of aliphatic hydroxyl groups is 1. The van der Waals surface area contributed by atoms with E-state index >= 15 is 0 Å². The number of likely N-dealkylation sites (tertiary alicyclic amines) is 1.